The lowest BCUT2D eigenvalue weighted by Crippen LogP contribution is -2.59. The van der Waals surface area contributed by atoms with Gasteiger partial charge < -0.3 is 10.6 Å². The molecule has 0 atom stereocenters. The Morgan fingerprint density at radius 1 is 0.909 bits per heavy atom. The summed E-state index contributed by atoms with van der Waals surface area (Å²) in [5, 5.41) is 8.20. The van der Waals surface area contributed by atoms with E-state index >= 15 is 0 Å². The van der Waals surface area contributed by atoms with E-state index in [9.17, 15) is 0 Å². The molecule has 0 aromatic carbocycles. The van der Waals surface area contributed by atoms with Crippen LogP contribution < -0.4 is 10.6 Å². The van der Waals surface area contributed by atoms with E-state index < -0.39 is 0 Å². The quantitative estimate of drug-likeness (QED) is 0.749. The summed E-state index contributed by atoms with van der Waals surface area (Å²) >= 11 is 5.67. The molecule has 4 aliphatic rings. The van der Waals surface area contributed by atoms with Crippen molar-refractivity contribution >= 4 is 17.3 Å². The molecule has 4 rings (SSSR count). The Morgan fingerprint density at radius 3 is 1.86 bits per heavy atom. The van der Waals surface area contributed by atoms with E-state index in [0.29, 0.717) is 11.5 Å². The van der Waals surface area contributed by atoms with Crippen LogP contribution in [-0.4, -0.2) is 16.7 Å². The first-order valence-corrected chi connectivity index (χ1v) is 9.61. The van der Waals surface area contributed by atoms with Crippen LogP contribution in [0.3, 0.4) is 0 Å². The van der Waals surface area contributed by atoms with Crippen LogP contribution in [0.25, 0.3) is 0 Å². The first kappa shape index (κ1) is 16.5. The summed E-state index contributed by atoms with van der Waals surface area (Å²) in [7, 11) is 0. The average Bonchev–Trinajstić information content (AvgIpc) is 2.28. The van der Waals surface area contributed by atoms with E-state index in [0.717, 1.165) is 35.2 Å². The van der Waals surface area contributed by atoms with Crippen LogP contribution in [0.1, 0.15) is 73.1 Å². The van der Waals surface area contributed by atoms with Crippen molar-refractivity contribution in [3.63, 3.8) is 0 Å². The third kappa shape index (κ3) is 3.77. The largest absolute Gasteiger partial charge is 0.359 e. The summed E-state index contributed by atoms with van der Waals surface area (Å²) in [6.45, 7) is 11.4. The first-order valence-electron chi connectivity index (χ1n) is 9.20. The zero-order valence-corrected chi connectivity index (χ0v) is 15.9. The van der Waals surface area contributed by atoms with Gasteiger partial charge in [0, 0.05) is 11.6 Å². The predicted octanol–water partition coefficient (Wildman–Crippen LogP) is 4.49. The molecule has 0 saturated heterocycles. The molecule has 0 unspecified atom stereocenters. The molecule has 0 aliphatic heterocycles. The molecule has 4 saturated carbocycles. The normalized spacial score (nSPS) is 37.2. The first-order chi connectivity index (χ1) is 10.1. The van der Waals surface area contributed by atoms with Crippen LogP contribution >= 0.6 is 12.2 Å². The van der Waals surface area contributed by atoms with Gasteiger partial charge in [0.1, 0.15) is 0 Å². The Morgan fingerprint density at radius 2 is 1.41 bits per heavy atom. The summed E-state index contributed by atoms with van der Waals surface area (Å²) in [4.78, 5) is 0. The molecular formula is C19H34N2S. The second-order valence-electron chi connectivity index (χ2n) is 10.2. The van der Waals surface area contributed by atoms with Crippen molar-refractivity contribution < 1.29 is 0 Å². The van der Waals surface area contributed by atoms with Crippen molar-refractivity contribution in [1.82, 2.24) is 10.6 Å². The Balaban J connectivity index is 1.56. The van der Waals surface area contributed by atoms with E-state index in [1.165, 1.54) is 32.1 Å². The summed E-state index contributed by atoms with van der Waals surface area (Å²) in [6.07, 6.45) is 8.40. The zero-order valence-electron chi connectivity index (χ0n) is 15.0. The fourth-order valence-electron chi connectivity index (χ4n) is 6.03. The number of rotatable bonds is 3. The summed E-state index contributed by atoms with van der Waals surface area (Å²) in [5.41, 5.74) is 0.364. The predicted molar refractivity (Wildman–Crippen MR) is 97.9 cm³/mol. The van der Waals surface area contributed by atoms with Crippen molar-refractivity contribution in [3.05, 3.63) is 0 Å². The van der Waals surface area contributed by atoms with Crippen molar-refractivity contribution in [2.45, 2.75) is 84.7 Å². The number of nitrogens with one attached hydrogen (secondary N) is 2. The van der Waals surface area contributed by atoms with Gasteiger partial charge >= 0.3 is 0 Å². The Labute approximate surface area is 142 Å². The molecule has 2 N–H and O–H groups in total. The summed E-state index contributed by atoms with van der Waals surface area (Å²) < 4.78 is 0. The summed E-state index contributed by atoms with van der Waals surface area (Å²) in [5.74, 6) is 3.81. The highest BCUT2D eigenvalue weighted by Gasteiger charge is 2.48. The topological polar surface area (TPSA) is 24.1 Å². The fraction of sp³-hybridized carbons (Fsp3) is 0.947. The van der Waals surface area contributed by atoms with E-state index in [-0.39, 0.29) is 5.54 Å². The molecule has 126 valence electrons. The number of thiocarbonyl (C=S) groups is 1. The van der Waals surface area contributed by atoms with Gasteiger partial charge in [0.2, 0.25) is 0 Å². The van der Waals surface area contributed by atoms with E-state index in [1.54, 1.807) is 0 Å². The molecule has 0 spiro atoms. The van der Waals surface area contributed by atoms with Crippen LogP contribution in [0.2, 0.25) is 0 Å². The average molecular weight is 323 g/mol. The number of hydrogen-bond donors (Lipinski definition) is 2. The molecule has 0 heterocycles. The lowest BCUT2D eigenvalue weighted by Gasteiger charge is -2.54. The van der Waals surface area contributed by atoms with Gasteiger partial charge in [-0.25, -0.2) is 0 Å². The maximum atomic E-state index is 5.67. The van der Waals surface area contributed by atoms with E-state index in [2.05, 4.69) is 45.3 Å². The minimum atomic E-state index is 0.0499. The van der Waals surface area contributed by atoms with Crippen molar-refractivity contribution in [1.29, 1.82) is 0 Å². The maximum absolute atomic E-state index is 5.67. The molecule has 3 heteroatoms. The van der Waals surface area contributed by atoms with Gasteiger partial charge in [0.15, 0.2) is 5.11 Å². The third-order valence-corrected chi connectivity index (χ3v) is 6.17. The zero-order chi connectivity index (χ0) is 16.1. The smallest absolute Gasteiger partial charge is 0.166 e. The molecule has 4 aliphatic carbocycles. The van der Waals surface area contributed by atoms with Crippen LogP contribution in [0.4, 0.5) is 0 Å². The van der Waals surface area contributed by atoms with Crippen LogP contribution in [0.15, 0.2) is 0 Å². The lowest BCUT2D eigenvalue weighted by atomic mass is 9.54. The molecule has 0 radical (unpaired) electrons. The minimum absolute atomic E-state index is 0.0499. The molecule has 0 amide bonds. The van der Waals surface area contributed by atoms with Crippen LogP contribution in [-0.2, 0) is 0 Å². The van der Waals surface area contributed by atoms with Gasteiger partial charge in [-0.3, -0.25) is 0 Å². The number of hydrogen-bond acceptors (Lipinski definition) is 1. The Hall–Kier alpha value is -0.310. The van der Waals surface area contributed by atoms with E-state index in [4.69, 9.17) is 12.2 Å². The Kier molecular flexibility index (Phi) is 4.25. The monoisotopic (exact) mass is 322 g/mol. The molecule has 4 fully saturated rings. The molecule has 0 aromatic rings. The second kappa shape index (κ2) is 5.65. The third-order valence-electron chi connectivity index (χ3n) is 5.95. The fourth-order valence-corrected chi connectivity index (χ4v) is 6.44. The standard InChI is InChI=1S/C19H34N2S/c1-18(2,3)11-19(4,5)21-17(22)20-16-14-7-12-6-13(9-14)10-15(16)8-12/h12-16H,6-11H2,1-5H3,(H2,20,21,22). The van der Waals surface area contributed by atoms with Gasteiger partial charge in [0.05, 0.1) is 0 Å². The van der Waals surface area contributed by atoms with Crippen LogP contribution in [0.5, 0.6) is 0 Å². The maximum Gasteiger partial charge on any atom is 0.166 e. The van der Waals surface area contributed by atoms with Crippen molar-refractivity contribution in [2.75, 3.05) is 0 Å². The van der Waals surface area contributed by atoms with Gasteiger partial charge in [-0.2, -0.15) is 0 Å². The highest BCUT2D eigenvalue weighted by molar-refractivity contribution is 7.80. The van der Waals surface area contributed by atoms with Gasteiger partial charge in [0.25, 0.3) is 0 Å². The highest BCUT2D eigenvalue weighted by Crippen LogP contribution is 2.53. The molecule has 2 nitrogen and oxygen atoms in total. The molecule has 0 aromatic heterocycles. The lowest BCUT2D eigenvalue weighted by molar-refractivity contribution is -0.00711. The molecule has 22 heavy (non-hydrogen) atoms. The van der Waals surface area contributed by atoms with Crippen LogP contribution in [0, 0.1) is 29.1 Å². The van der Waals surface area contributed by atoms with Crippen molar-refractivity contribution in [3.8, 4) is 0 Å². The van der Waals surface area contributed by atoms with E-state index in [1.807, 2.05) is 0 Å². The Bertz CT molecular complexity index is 407. The molecular weight excluding hydrogens is 288 g/mol. The van der Waals surface area contributed by atoms with Gasteiger partial charge in [-0.05, 0) is 93.7 Å². The second-order valence-corrected chi connectivity index (χ2v) is 10.6. The van der Waals surface area contributed by atoms with Crippen molar-refractivity contribution in [2.24, 2.45) is 29.1 Å². The highest BCUT2D eigenvalue weighted by atomic mass is 32.1. The van der Waals surface area contributed by atoms with Gasteiger partial charge in [-0.1, -0.05) is 20.8 Å². The van der Waals surface area contributed by atoms with Gasteiger partial charge in [-0.15, -0.1) is 0 Å². The minimum Gasteiger partial charge on any atom is -0.359 e. The SMILES string of the molecule is CC(C)(C)CC(C)(C)NC(=S)NC1C2CC3CC(C2)CC1C3. The summed E-state index contributed by atoms with van der Waals surface area (Å²) in [6, 6.07) is 0.637. The molecule has 4 bridgehead atoms.